The van der Waals surface area contributed by atoms with E-state index >= 15 is 0 Å². The molecule has 0 aliphatic heterocycles. The number of carbonyl (C=O) groups is 2. The first-order valence-electron chi connectivity index (χ1n) is 9.22. The lowest BCUT2D eigenvalue weighted by molar-refractivity contribution is -0.132. The Labute approximate surface area is 163 Å². The zero-order valence-electron chi connectivity index (χ0n) is 16.1. The van der Waals surface area contributed by atoms with Crippen LogP contribution in [0.1, 0.15) is 19.4 Å². The van der Waals surface area contributed by atoms with Crippen molar-refractivity contribution < 1.29 is 18.4 Å². The van der Waals surface area contributed by atoms with Gasteiger partial charge in [-0.3, -0.25) is 14.5 Å². The third-order valence-corrected chi connectivity index (χ3v) is 4.34. The quantitative estimate of drug-likeness (QED) is 0.716. The molecule has 1 N–H and O–H groups in total. The van der Waals surface area contributed by atoms with E-state index in [1.54, 1.807) is 34.1 Å². The molecule has 150 valence electrons. The number of halogens is 2. The number of hydrogen-bond acceptors (Lipinski definition) is 3. The molecule has 0 heterocycles. The number of hydrogen-bond donors (Lipinski definition) is 1. The van der Waals surface area contributed by atoms with E-state index in [0.717, 1.165) is 0 Å². The Morgan fingerprint density at radius 3 is 2.11 bits per heavy atom. The van der Waals surface area contributed by atoms with Crippen molar-refractivity contribution in [2.45, 2.75) is 20.4 Å². The van der Waals surface area contributed by atoms with Crippen LogP contribution in [0.4, 0.5) is 14.5 Å². The maximum Gasteiger partial charge on any atom is 0.238 e. The molecule has 2 rings (SSSR count). The summed E-state index contributed by atoms with van der Waals surface area (Å²) >= 11 is 0. The van der Waals surface area contributed by atoms with Gasteiger partial charge in [0.2, 0.25) is 11.8 Å². The molecule has 5 nitrogen and oxygen atoms in total. The molecular weight excluding hydrogens is 364 g/mol. The molecule has 0 spiro atoms. The van der Waals surface area contributed by atoms with Crippen LogP contribution >= 0.6 is 0 Å². The van der Waals surface area contributed by atoms with Crippen molar-refractivity contribution in [2.24, 2.45) is 0 Å². The molecule has 2 aromatic rings. The predicted molar refractivity (Wildman–Crippen MR) is 105 cm³/mol. The minimum atomic E-state index is -0.546. The van der Waals surface area contributed by atoms with Gasteiger partial charge in [-0.15, -0.1) is 0 Å². The maximum absolute atomic E-state index is 14.0. The van der Waals surface area contributed by atoms with Crippen molar-refractivity contribution in [3.05, 3.63) is 65.7 Å². The Hall–Kier alpha value is -2.80. The Balaban J connectivity index is 2.12. The molecule has 0 aromatic heterocycles. The number of carbonyl (C=O) groups excluding carboxylic acids is 2. The second-order valence-electron chi connectivity index (χ2n) is 6.33. The third-order valence-electron chi connectivity index (χ3n) is 4.34. The summed E-state index contributed by atoms with van der Waals surface area (Å²) in [7, 11) is 0. The van der Waals surface area contributed by atoms with E-state index < -0.39 is 17.5 Å². The van der Waals surface area contributed by atoms with Gasteiger partial charge in [0.15, 0.2) is 0 Å². The number of rotatable bonds is 9. The topological polar surface area (TPSA) is 52.7 Å². The average molecular weight is 389 g/mol. The van der Waals surface area contributed by atoms with E-state index in [9.17, 15) is 18.4 Å². The Morgan fingerprint density at radius 2 is 1.50 bits per heavy atom. The van der Waals surface area contributed by atoms with Crippen LogP contribution in [-0.2, 0) is 16.1 Å². The predicted octanol–water partition coefficient (Wildman–Crippen LogP) is 3.27. The number of amides is 2. The van der Waals surface area contributed by atoms with E-state index in [1.165, 1.54) is 24.3 Å². The standard InChI is InChI=1S/C21H25F2N3O2/c1-3-26(4-2)21(28)15-25(13-16-9-5-6-10-17(16)22)14-20(27)24-19-12-8-7-11-18(19)23/h5-12H,3-4,13-15H2,1-2H3,(H,24,27). The maximum atomic E-state index is 14.0. The van der Waals surface area contributed by atoms with Gasteiger partial charge in [0.1, 0.15) is 11.6 Å². The summed E-state index contributed by atoms with van der Waals surface area (Å²) in [6, 6.07) is 12.1. The third kappa shape index (κ3) is 6.13. The first-order valence-corrected chi connectivity index (χ1v) is 9.22. The highest BCUT2D eigenvalue weighted by atomic mass is 19.1. The SMILES string of the molecule is CCN(CC)C(=O)CN(CC(=O)Nc1ccccc1F)Cc1ccccc1F. The summed E-state index contributed by atoms with van der Waals surface area (Å²) in [6.45, 7) is 4.70. The van der Waals surface area contributed by atoms with Crippen LogP contribution < -0.4 is 5.32 Å². The van der Waals surface area contributed by atoms with Gasteiger partial charge in [-0.2, -0.15) is 0 Å². The van der Waals surface area contributed by atoms with Crippen LogP contribution in [0.25, 0.3) is 0 Å². The first kappa shape index (κ1) is 21.5. The molecule has 0 unspecified atom stereocenters. The minimum absolute atomic E-state index is 0.0410. The highest BCUT2D eigenvalue weighted by Gasteiger charge is 2.19. The van der Waals surface area contributed by atoms with Crippen molar-refractivity contribution in [2.75, 3.05) is 31.5 Å². The number of likely N-dealkylation sites (N-methyl/N-ethyl adjacent to an activating group) is 1. The van der Waals surface area contributed by atoms with E-state index in [1.807, 2.05) is 13.8 Å². The lowest BCUT2D eigenvalue weighted by atomic mass is 10.2. The lowest BCUT2D eigenvalue weighted by Crippen LogP contribution is -2.42. The Bertz CT molecular complexity index is 810. The molecule has 0 saturated carbocycles. The number of benzene rings is 2. The molecule has 0 aliphatic carbocycles. The lowest BCUT2D eigenvalue weighted by Gasteiger charge is -2.26. The molecule has 0 saturated heterocycles. The number of nitrogens with zero attached hydrogens (tertiary/aromatic N) is 2. The van der Waals surface area contributed by atoms with Gasteiger partial charge in [0, 0.05) is 25.2 Å². The average Bonchev–Trinajstić information content (AvgIpc) is 2.66. The van der Waals surface area contributed by atoms with Crippen LogP contribution in [0, 0.1) is 11.6 Å². The summed E-state index contributed by atoms with van der Waals surface area (Å²) in [6.07, 6.45) is 0. The van der Waals surface area contributed by atoms with Crippen molar-refractivity contribution in [3.8, 4) is 0 Å². The van der Waals surface area contributed by atoms with Crippen LogP contribution in [0.2, 0.25) is 0 Å². The molecule has 7 heteroatoms. The molecule has 0 fully saturated rings. The zero-order valence-corrected chi connectivity index (χ0v) is 16.1. The van der Waals surface area contributed by atoms with Crippen molar-refractivity contribution >= 4 is 17.5 Å². The fourth-order valence-corrected chi connectivity index (χ4v) is 2.86. The molecule has 0 aliphatic rings. The number of nitrogens with one attached hydrogen (secondary N) is 1. The minimum Gasteiger partial charge on any atom is -0.342 e. The first-order chi connectivity index (χ1) is 13.4. The summed E-state index contributed by atoms with van der Waals surface area (Å²) in [5.41, 5.74) is 0.446. The smallest absolute Gasteiger partial charge is 0.238 e. The molecule has 0 atom stereocenters. The van der Waals surface area contributed by atoms with Gasteiger partial charge in [-0.05, 0) is 32.0 Å². The van der Waals surface area contributed by atoms with Crippen molar-refractivity contribution in [1.29, 1.82) is 0 Å². The van der Waals surface area contributed by atoms with Crippen LogP contribution in [0.3, 0.4) is 0 Å². The summed E-state index contributed by atoms with van der Waals surface area (Å²) in [5.74, 6) is -1.58. The number of anilines is 1. The highest BCUT2D eigenvalue weighted by molar-refractivity contribution is 5.92. The van der Waals surface area contributed by atoms with E-state index in [-0.39, 0.29) is 31.2 Å². The summed E-state index contributed by atoms with van der Waals surface area (Å²) in [4.78, 5) is 28.1. The van der Waals surface area contributed by atoms with Gasteiger partial charge < -0.3 is 10.2 Å². The van der Waals surface area contributed by atoms with Crippen molar-refractivity contribution in [3.63, 3.8) is 0 Å². The fourth-order valence-electron chi connectivity index (χ4n) is 2.86. The van der Waals surface area contributed by atoms with Crippen LogP contribution in [0.15, 0.2) is 48.5 Å². The second-order valence-corrected chi connectivity index (χ2v) is 6.33. The van der Waals surface area contributed by atoms with Crippen LogP contribution in [0.5, 0.6) is 0 Å². The molecule has 2 amide bonds. The van der Waals surface area contributed by atoms with Crippen molar-refractivity contribution in [1.82, 2.24) is 9.80 Å². The molecular formula is C21H25F2N3O2. The highest BCUT2D eigenvalue weighted by Crippen LogP contribution is 2.14. The number of para-hydroxylation sites is 1. The van der Waals surface area contributed by atoms with E-state index in [0.29, 0.717) is 18.7 Å². The molecule has 0 bridgehead atoms. The Morgan fingerprint density at radius 1 is 0.893 bits per heavy atom. The molecule has 2 aromatic carbocycles. The van der Waals surface area contributed by atoms with E-state index in [4.69, 9.17) is 0 Å². The second kappa shape index (κ2) is 10.5. The van der Waals surface area contributed by atoms with Gasteiger partial charge in [0.05, 0.1) is 18.8 Å². The fraction of sp³-hybridized carbons (Fsp3) is 0.333. The van der Waals surface area contributed by atoms with E-state index in [2.05, 4.69) is 5.32 Å². The van der Waals surface area contributed by atoms with Crippen LogP contribution in [-0.4, -0.2) is 47.8 Å². The monoisotopic (exact) mass is 389 g/mol. The summed E-state index contributed by atoms with van der Waals surface area (Å²) < 4.78 is 27.8. The van der Waals surface area contributed by atoms with Gasteiger partial charge >= 0.3 is 0 Å². The Kier molecular flexibility index (Phi) is 8.07. The normalized spacial score (nSPS) is 10.8. The molecule has 28 heavy (non-hydrogen) atoms. The zero-order chi connectivity index (χ0) is 20.5. The summed E-state index contributed by atoms with van der Waals surface area (Å²) in [5, 5.41) is 2.50. The molecule has 0 radical (unpaired) electrons. The van der Waals surface area contributed by atoms with Gasteiger partial charge in [-0.1, -0.05) is 30.3 Å². The largest absolute Gasteiger partial charge is 0.342 e. The van der Waals surface area contributed by atoms with Gasteiger partial charge in [0.25, 0.3) is 0 Å². The van der Waals surface area contributed by atoms with Gasteiger partial charge in [-0.25, -0.2) is 8.78 Å².